The first-order chi connectivity index (χ1) is 22.6. The van der Waals surface area contributed by atoms with Crippen LogP contribution in [0.2, 0.25) is 0 Å². The second kappa shape index (κ2) is 16.9. The minimum absolute atomic E-state index is 0.00392. The number of carbonyl (C=O) groups is 4. The van der Waals surface area contributed by atoms with Gasteiger partial charge in [-0.3, -0.25) is 14.4 Å². The molecule has 0 aliphatic carbocycles. The van der Waals surface area contributed by atoms with E-state index in [1.807, 2.05) is 86.6 Å². The monoisotopic (exact) mass is 643 g/mol. The molecule has 1 aromatic heterocycles. The minimum atomic E-state index is -1.34. The first-order valence-electron chi connectivity index (χ1n) is 15.5. The number of aliphatic hydroxyl groups is 1. The number of amides is 3. The molecular formula is C35H41N5O7. The molecule has 0 aliphatic heterocycles. The minimum Gasteiger partial charge on any atom is -0.481 e. The molecule has 0 aliphatic rings. The fourth-order valence-corrected chi connectivity index (χ4v) is 5.33. The highest BCUT2D eigenvalue weighted by Crippen LogP contribution is 2.20. The Labute approximate surface area is 272 Å². The van der Waals surface area contributed by atoms with Crippen molar-refractivity contribution in [3.63, 3.8) is 0 Å². The van der Waals surface area contributed by atoms with Crippen molar-refractivity contribution in [3.8, 4) is 0 Å². The normalized spacial score (nSPS) is 13.7. The molecule has 47 heavy (non-hydrogen) atoms. The fraction of sp³-hybridized carbons (Fsp3) is 0.343. The van der Waals surface area contributed by atoms with E-state index < -0.39 is 54.5 Å². The Kier molecular flexibility index (Phi) is 12.5. The number of aliphatic carboxylic acids is 1. The van der Waals surface area contributed by atoms with Gasteiger partial charge in [0.1, 0.15) is 18.7 Å². The number of imidazole rings is 1. The number of carboxylic acids is 1. The quantitative estimate of drug-likeness (QED) is 0.107. The van der Waals surface area contributed by atoms with Crippen molar-refractivity contribution < 1.29 is 34.1 Å². The van der Waals surface area contributed by atoms with Crippen LogP contribution in [0.5, 0.6) is 0 Å². The van der Waals surface area contributed by atoms with Gasteiger partial charge < -0.3 is 35.9 Å². The Hall–Kier alpha value is -5.23. The number of alkyl carbamates (subject to hydrolysis) is 1. The maximum atomic E-state index is 14.0. The average Bonchev–Trinajstić information content (AvgIpc) is 3.56. The molecule has 0 saturated heterocycles. The van der Waals surface area contributed by atoms with Crippen molar-refractivity contribution >= 4 is 34.6 Å². The summed E-state index contributed by atoms with van der Waals surface area (Å²) in [4.78, 5) is 58.9. The third-order valence-corrected chi connectivity index (χ3v) is 7.64. The van der Waals surface area contributed by atoms with Crippen LogP contribution in [-0.2, 0) is 38.6 Å². The number of aromatic nitrogens is 2. The van der Waals surface area contributed by atoms with Crippen molar-refractivity contribution in [2.24, 2.45) is 5.92 Å². The van der Waals surface area contributed by atoms with Crippen molar-refractivity contribution in [2.75, 3.05) is 0 Å². The number of rotatable bonds is 16. The number of carboxylic acid groups (broad SMARTS) is 1. The summed E-state index contributed by atoms with van der Waals surface area (Å²) in [6.45, 7) is 3.77. The predicted molar refractivity (Wildman–Crippen MR) is 175 cm³/mol. The van der Waals surface area contributed by atoms with Gasteiger partial charge >= 0.3 is 12.1 Å². The fourth-order valence-electron chi connectivity index (χ4n) is 5.33. The zero-order valence-corrected chi connectivity index (χ0v) is 26.4. The van der Waals surface area contributed by atoms with E-state index in [-0.39, 0.29) is 25.4 Å². The van der Waals surface area contributed by atoms with Gasteiger partial charge in [0.15, 0.2) is 0 Å². The predicted octanol–water partition coefficient (Wildman–Crippen LogP) is 3.49. The largest absolute Gasteiger partial charge is 0.481 e. The average molecular weight is 644 g/mol. The molecule has 1 heterocycles. The Morgan fingerprint density at radius 2 is 1.53 bits per heavy atom. The molecule has 3 amide bonds. The van der Waals surface area contributed by atoms with Crippen LogP contribution >= 0.6 is 0 Å². The van der Waals surface area contributed by atoms with Crippen molar-refractivity contribution in [1.82, 2.24) is 25.9 Å². The van der Waals surface area contributed by atoms with E-state index in [9.17, 15) is 29.4 Å². The van der Waals surface area contributed by atoms with E-state index in [0.29, 0.717) is 12.1 Å². The van der Waals surface area contributed by atoms with E-state index in [2.05, 4.69) is 25.9 Å². The number of ether oxygens (including phenoxy) is 1. The number of H-pyrrole nitrogens is 1. The van der Waals surface area contributed by atoms with Crippen LogP contribution in [0.25, 0.3) is 10.8 Å². The number of hydrogen-bond donors (Lipinski definition) is 6. The Bertz CT molecular complexity index is 1620. The van der Waals surface area contributed by atoms with Gasteiger partial charge in [0.05, 0.1) is 24.9 Å². The van der Waals surface area contributed by atoms with Gasteiger partial charge in [-0.25, -0.2) is 9.78 Å². The van der Waals surface area contributed by atoms with Crippen molar-refractivity contribution in [1.29, 1.82) is 0 Å². The number of hydrogen-bond acceptors (Lipinski definition) is 7. The molecule has 12 nitrogen and oxygen atoms in total. The number of nitrogens with one attached hydrogen (secondary N) is 4. The highest BCUT2D eigenvalue weighted by atomic mass is 16.5. The third-order valence-electron chi connectivity index (χ3n) is 7.64. The van der Waals surface area contributed by atoms with Gasteiger partial charge in [0, 0.05) is 24.7 Å². The first kappa shape index (κ1) is 34.6. The highest BCUT2D eigenvalue weighted by Gasteiger charge is 2.31. The SMILES string of the molecule is CC(C)C[C@H](NC(=O)[C@@H](Cc1cnc[nH]1)NC(=O)[C@@H](Cc1cccc2ccccc12)NC(=O)OCc1ccccc1)[C@@H](O)CC(=O)O. The Morgan fingerprint density at radius 3 is 2.23 bits per heavy atom. The number of aromatic amines is 1. The Morgan fingerprint density at radius 1 is 0.851 bits per heavy atom. The van der Waals surface area contributed by atoms with Gasteiger partial charge in [-0.2, -0.15) is 0 Å². The lowest BCUT2D eigenvalue weighted by atomic mass is 9.96. The smallest absolute Gasteiger partial charge is 0.408 e. The van der Waals surface area contributed by atoms with Crippen LogP contribution in [0.15, 0.2) is 85.3 Å². The molecule has 0 bridgehead atoms. The molecule has 0 saturated carbocycles. The van der Waals surface area contributed by atoms with E-state index in [1.165, 1.54) is 12.5 Å². The molecule has 248 valence electrons. The summed E-state index contributed by atoms with van der Waals surface area (Å²) in [5.41, 5.74) is 2.13. The molecule has 0 fully saturated rings. The van der Waals surface area contributed by atoms with Gasteiger partial charge in [-0.15, -0.1) is 0 Å². The van der Waals surface area contributed by atoms with Gasteiger partial charge in [0.2, 0.25) is 11.8 Å². The van der Waals surface area contributed by atoms with Crippen LogP contribution in [0.3, 0.4) is 0 Å². The lowest BCUT2D eigenvalue weighted by molar-refractivity contribution is -0.140. The summed E-state index contributed by atoms with van der Waals surface area (Å²) in [6.07, 6.45) is 0.669. The summed E-state index contributed by atoms with van der Waals surface area (Å²) in [7, 11) is 0. The molecule has 12 heteroatoms. The molecule has 3 aromatic carbocycles. The second-order valence-electron chi connectivity index (χ2n) is 11.9. The summed E-state index contributed by atoms with van der Waals surface area (Å²) < 4.78 is 5.42. The zero-order valence-electron chi connectivity index (χ0n) is 26.4. The molecule has 4 rings (SSSR count). The van der Waals surface area contributed by atoms with E-state index >= 15 is 0 Å². The van der Waals surface area contributed by atoms with E-state index in [4.69, 9.17) is 4.74 Å². The van der Waals surface area contributed by atoms with Gasteiger partial charge in [-0.05, 0) is 34.2 Å². The topological polar surface area (TPSA) is 183 Å². The lowest BCUT2D eigenvalue weighted by Crippen LogP contribution is -2.57. The number of nitrogens with zero attached hydrogens (tertiary/aromatic N) is 1. The molecule has 0 spiro atoms. The van der Waals surface area contributed by atoms with Crippen LogP contribution < -0.4 is 16.0 Å². The standard InChI is InChI=1S/C35H41N5O7/c1-22(2)15-28(31(41)18-32(42)43)38-34(45)30(17-26-19-36-21-37-26)39-33(44)29(40-35(46)47-20-23-9-4-3-5-10-23)16-25-13-8-12-24-11-6-7-14-27(24)25/h3-14,19,21-22,28-31,41H,15-18,20H2,1-2H3,(H,36,37)(H,38,45)(H,39,44)(H,40,46)(H,42,43)/t28-,29+,30+,31-/m0/s1. The maximum Gasteiger partial charge on any atom is 0.408 e. The molecule has 0 unspecified atom stereocenters. The lowest BCUT2D eigenvalue weighted by Gasteiger charge is -2.28. The van der Waals surface area contributed by atoms with Crippen LogP contribution in [0, 0.1) is 5.92 Å². The summed E-state index contributed by atoms with van der Waals surface area (Å²) in [5.74, 6) is -2.44. The number of aliphatic hydroxyl groups excluding tert-OH is 1. The van der Waals surface area contributed by atoms with E-state index in [1.54, 1.807) is 0 Å². The molecular weight excluding hydrogens is 602 g/mol. The number of fused-ring (bicyclic) bond motifs is 1. The number of benzene rings is 3. The summed E-state index contributed by atoms with van der Waals surface area (Å²) in [5, 5.41) is 29.9. The molecule has 4 atom stereocenters. The van der Waals surface area contributed by atoms with Gasteiger partial charge in [-0.1, -0.05) is 86.6 Å². The third kappa shape index (κ3) is 10.7. The molecule has 0 radical (unpaired) electrons. The number of carbonyl (C=O) groups excluding carboxylic acids is 3. The van der Waals surface area contributed by atoms with Crippen LogP contribution in [-0.4, -0.2) is 68.3 Å². The van der Waals surface area contributed by atoms with Crippen molar-refractivity contribution in [2.45, 2.75) is 70.4 Å². The first-order valence-corrected chi connectivity index (χ1v) is 15.5. The Balaban J connectivity index is 1.58. The second-order valence-corrected chi connectivity index (χ2v) is 11.9. The summed E-state index contributed by atoms with van der Waals surface area (Å²) in [6, 6.07) is 19.3. The van der Waals surface area contributed by atoms with E-state index in [0.717, 1.165) is 21.9 Å². The highest BCUT2D eigenvalue weighted by molar-refractivity contribution is 5.93. The van der Waals surface area contributed by atoms with Gasteiger partial charge in [0.25, 0.3) is 0 Å². The summed E-state index contributed by atoms with van der Waals surface area (Å²) >= 11 is 0. The zero-order chi connectivity index (χ0) is 33.8. The maximum absolute atomic E-state index is 14.0. The molecule has 6 N–H and O–H groups in total. The van der Waals surface area contributed by atoms with Crippen LogP contribution in [0.4, 0.5) is 4.79 Å². The van der Waals surface area contributed by atoms with Crippen LogP contribution in [0.1, 0.15) is 43.5 Å². The van der Waals surface area contributed by atoms with Crippen molar-refractivity contribution in [3.05, 3.63) is 102 Å². The molecule has 4 aromatic rings.